The highest BCUT2D eigenvalue weighted by atomic mass is 16.1. The molecule has 1 atom stereocenters. The monoisotopic (exact) mass is 392 g/mol. The van der Waals surface area contributed by atoms with E-state index in [4.69, 9.17) is 4.98 Å². The van der Waals surface area contributed by atoms with Gasteiger partial charge in [0.2, 0.25) is 5.91 Å². The van der Waals surface area contributed by atoms with Gasteiger partial charge in [0.05, 0.1) is 12.2 Å². The van der Waals surface area contributed by atoms with Gasteiger partial charge in [-0.1, -0.05) is 36.8 Å². The average molecular weight is 393 g/mol. The molecule has 3 rings (SSSR count). The van der Waals surface area contributed by atoms with E-state index in [1.54, 1.807) is 0 Å². The van der Waals surface area contributed by atoms with Crippen LogP contribution in [0.5, 0.6) is 0 Å². The van der Waals surface area contributed by atoms with Gasteiger partial charge in [-0.05, 0) is 64.2 Å². The quantitative estimate of drug-likeness (QED) is 0.606. The Labute approximate surface area is 173 Å². The highest BCUT2D eigenvalue weighted by Crippen LogP contribution is 2.25. The van der Waals surface area contributed by atoms with Gasteiger partial charge in [0.25, 0.3) is 0 Å². The SMILES string of the molecule is CCC(NC(=O)CCc1c(C)nc2c(cnn2C(C)C)c1C)c1ccc(C)cc1. The number of carbonyl (C=O) groups is 1. The number of amides is 1. The summed E-state index contributed by atoms with van der Waals surface area (Å²) >= 11 is 0. The second-order valence-corrected chi connectivity index (χ2v) is 8.16. The zero-order chi connectivity index (χ0) is 21.1. The molecule has 154 valence electrons. The Hall–Kier alpha value is -2.69. The molecule has 0 spiro atoms. The molecule has 0 saturated heterocycles. The number of hydrogen-bond donors (Lipinski definition) is 1. The molecular formula is C24H32N4O. The van der Waals surface area contributed by atoms with Crippen LogP contribution in [0.25, 0.3) is 11.0 Å². The van der Waals surface area contributed by atoms with Crippen molar-refractivity contribution in [2.24, 2.45) is 0 Å². The molecule has 2 heterocycles. The van der Waals surface area contributed by atoms with E-state index in [0.29, 0.717) is 12.8 Å². The molecule has 0 aliphatic heterocycles. The molecule has 1 amide bonds. The normalized spacial score (nSPS) is 12.5. The Kier molecular flexibility index (Phi) is 6.36. The maximum Gasteiger partial charge on any atom is 0.220 e. The number of benzene rings is 1. The predicted molar refractivity (Wildman–Crippen MR) is 118 cm³/mol. The summed E-state index contributed by atoms with van der Waals surface area (Å²) in [5.74, 6) is 0.0780. The third-order valence-electron chi connectivity index (χ3n) is 5.65. The lowest BCUT2D eigenvalue weighted by Crippen LogP contribution is -2.28. The van der Waals surface area contributed by atoms with Gasteiger partial charge in [-0.3, -0.25) is 4.79 Å². The van der Waals surface area contributed by atoms with Crippen LogP contribution in [0.2, 0.25) is 0 Å². The zero-order valence-corrected chi connectivity index (χ0v) is 18.4. The molecule has 0 aliphatic rings. The van der Waals surface area contributed by atoms with Crippen LogP contribution in [-0.2, 0) is 11.2 Å². The van der Waals surface area contributed by atoms with Crippen LogP contribution >= 0.6 is 0 Å². The third-order valence-corrected chi connectivity index (χ3v) is 5.65. The van der Waals surface area contributed by atoms with Crippen LogP contribution in [-0.4, -0.2) is 20.7 Å². The molecular weight excluding hydrogens is 360 g/mol. The molecule has 5 nitrogen and oxygen atoms in total. The number of nitrogens with one attached hydrogen (secondary N) is 1. The Morgan fingerprint density at radius 3 is 2.45 bits per heavy atom. The first-order chi connectivity index (χ1) is 13.8. The highest BCUT2D eigenvalue weighted by molar-refractivity contribution is 5.81. The fraction of sp³-hybridized carbons (Fsp3) is 0.458. The number of carbonyl (C=O) groups excluding carboxylic acids is 1. The maximum absolute atomic E-state index is 12.7. The lowest BCUT2D eigenvalue weighted by molar-refractivity contribution is -0.121. The van der Waals surface area contributed by atoms with Crippen molar-refractivity contribution in [2.45, 2.75) is 72.9 Å². The molecule has 0 bridgehead atoms. The Morgan fingerprint density at radius 1 is 1.14 bits per heavy atom. The van der Waals surface area contributed by atoms with Crippen LogP contribution < -0.4 is 5.32 Å². The van der Waals surface area contributed by atoms with E-state index >= 15 is 0 Å². The van der Waals surface area contributed by atoms with Crippen LogP contribution in [0, 0.1) is 20.8 Å². The van der Waals surface area contributed by atoms with E-state index in [-0.39, 0.29) is 18.0 Å². The van der Waals surface area contributed by atoms with Crippen molar-refractivity contribution in [3.63, 3.8) is 0 Å². The molecule has 0 aliphatic carbocycles. The Bertz CT molecular complexity index is 1000. The van der Waals surface area contributed by atoms with Crippen molar-refractivity contribution >= 4 is 16.9 Å². The summed E-state index contributed by atoms with van der Waals surface area (Å²) in [5.41, 5.74) is 6.62. The molecule has 1 N–H and O–H groups in total. The molecule has 2 aromatic heterocycles. The number of hydrogen-bond acceptors (Lipinski definition) is 3. The van der Waals surface area contributed by atoms with Gasteiger partial charge >= 0.3 is 0 Å². The number of aryl methyl sites for hydroxylation is 3. The summed E-state index contributed by atoms with van der Waals surface area (Å²) in [6, 6.07) is 8.70. The Balaban J connectivity index is 1.72. The van der Waals surface area contributed by atoms with Gasteiger partial charge in [-0.2, -0.15) is 5.10 Å². The van der Waals surface area contributed by atoms with Gasteiger partial charge in [0.15, 0.2) is 5.65 Å². The van der Waals surface area contributed by atoms with Crippen LogP contribution in [0.3, 0.4) is 0 Å². The molecule has 1 unspecified atom stereocenters. The van der Waals surface area contributed by atoms with E-state index < -0.39 is 0 Å². The summed E-state index contributed by atoms with van der Waals surface area (Å²) in [5, 5.41) is 8.76. The number of pyridine rings is 1. The van der Waals surface area contributed by atoms with Gasteiger partial charge in [-0.25, -0.2) is 9.67 Å². The van der Waals surface area contributed by atoms with Crippen molar-refractivity contribution in [3.05, 3.63) is 58.4 Å². The van der Waals surface area contributed by atoms with E-state index in [1.807, 2.05) is 17.8 Å². The summed E-state index contributed by atoms with van der Waals surface area (Å²) in [6.07, 6.45) is 3.90. The van der Waals surface area contributed by atoms with Gasteiger partial charge in [-0.15, -0.1) is 0 Å². The molecule has 0 fully saturated rings. The fourth-order valence-corrected chi connectivity index (χ4v) is 3.86. The minimum Gasteiger partial charge on any atom is -0.349 e. The summed E-state index contributed by atoms with van der Waals surface area (Å²) in [6.45, 7) is 12.5. The van der Waals surface area contributed by atoms with Crippen molar-refractivity contribution < 1.29 is 4.79 Å². The maximum atomic E-state index is 12.7. The first kappa shape index (κ1) is 21.0. The summed E-state index contributed by atoms with van der Waals surface area (Å²) in [7, 11) is 0. The van der Waals surface area contributed by atoms with E-state index in [9.17, 15) is 4.79 Å². The fourth-order valence-electron chi connectivity index (χ4n) is 3.86. The van der Waals surface area contributed by atoms with Crippen LogP contribution in [0.1, 0.15) is 73.6 Å². The highest BCUT2D eigenvalue weighted by Gasteiger charge is 2.17. The lowest BCUT2D eigenvalue weighted by atomic mass is 9.99. The topological polar surface area (TPSA) is 59.8 Å². The molecule has 3 aromatic rings. The summed E-state index contributed by atoms with van der Waals surface area (Å²) < 4.78 is 1.96. The number of fused-ring (bicyclic) bond motifs is 1. The molecule has 29 heavy (non-hydrogen) atoms. The minimum atomic E-state index is 0.0511. The van der Waals surface area contributed by atoms with Crippen molar-refractivity contribution in [1.29, 1.82) is 0 Å². The minimum absolute atomic E-state index is 0.0511. The van der Waals surface area contributed by atoms with Gasteiger partial charge in [0, 0.05) is 23.5 Å². The average Bonchev–Trinajstić information content (AvgIpc) is 3.11. The van der Waals surface area contributed by atoms with Crippen LogP contribution in [0.4, 0.5) is 0 Å². The second kappa shape index (κ2) is 8.76. The first-order valence-corrected chi connectivity index (χ1v) is 10.5. The van der Waals surface area contributed by atoms with Crippen molar-refractivity contribution in [1.82, 2.24) is 20.1 Å². The van der Waals surface area contributed by atoms with E-state index in [2.05, 4.69) is 69.3 Å². The van der Waals surface area contributed by atoms with E-state index in [0.717, 1.165) is 34.3 Å². The van der Waals surface area contributed by atoms with Crippen molar-refractivity contribution in [3.8, 4) is 0 Å². The first-order valence-electron chi connectivity index (χ1n) is 10.5. The van der Waals surface area contributed by atoms with Crippen LogP contribution in [0.15, 0.2) is 30.5 Å². The standard InChI is InChI=1S/C24H32N4O/c1-7-22(19-10-8-16(4)9-11-19)27-23(29)13-12-20-17(5)21-14-25-28(15(2)3)24(21)26-18(20)6/h8-11,14-15,22H,7,12-13H2,1-6H3,(H,27,29). The third kappa shape index (κ3) is 4.50. The smallest absolute Gasteiger partial charge is 0.220 e. The van der Waals surface area contributed by atoms with E-state index in [1.165, 1.54) is 11.1 Å². The number of nitrogens with zero attached hydrogens (tertiary/aromatic N) is 3. The van der Waals surface area contributed by atoms with Crippen molar-refractivity contribution in [2.75, 3.05) is 0 Å². The lowest BCUT2D eigenvalue weighted by Gasteiger charge is -2.18. The van der Waals surface area contributed by atoms with Gasteiger partial charge in [0.1, 0.15) is 0 Å². The largest absolute Gasteiger partial charge is 0.349 e. The Morgan fingerprint density at radius 2 is 1.83 bits per heavy atom. The molecule has 5 heteroatoms. The summed E-state index contributed by atoms with van der Waals surface area (Å²) in [4.78, 5) is 17.5. The number of rotatable bonds is 7. The van der Waals surface area contributed by atoms with Gasteiger partial charge < -0.3 is 5.32 Å². The number of aromatic nitrogens is 3. The predicted octanol–water partition coefficient (Wildman–Crippen LogP) is 5.14. The zero-order valence-electron chi connectivity index (χ0n) is 18.4. The molecule has 0 saturated carbocycles. The molecule has 0 radical (unpaired) electrons. The second-order valence-electron chi connectivity index (χ2n) is 8.16. The molecule has 1 aromatic carbocycles.